The molecular weight excluding hydrogens is 280 g/mol. The van der Waals surface area contributed by atoms with Crippen LogP contribution in [0.4, 0.5) is 0 Å². The second-order valence-electron chi connectivity index (χ2n) is 10.1. The first-order valence-electron chi connectivity index (χ1n) is 10.2. The molecule has 130 valence electrons. The van der Waals surface area contributed by atoms with Crippen molar-refractivity contribution < 1.29 is 5.11 Å². The van der Waals surface area contributed by atoms with E-state index in [1.165, 1.54) is 68.9 Å². The molecule has 7 atom stereocenters. The summed E-state index contributed by atoms with van der Waals surface area (Å²) in [6.07, 6.45) is 12.4. The standard InChI is InChI=1S/C22H36O/c1-14(2)17-13-19-16-9-8-15-7-5-6-11-21(15,3)18(16)10-12-22(19,4)20(17)23/h15-16,18-20,23H,5-13H2,1-4H3/t15-,16+,18-,19-,20+,21+,22+/m1/s1. The van der Waals surface area contributed by atoms with Crippen molar-refractivity contribution in [1.29, 1.82) is 0 Å². The Labute approximate surface area is 142 Å². The molecule has 4 saturated carbocycles. The number of fused-ring (bicyclic) bond motifs is 5. The zero-order valence-corrected chi connectivity index (χ0v) is 15.7. The van der Waals surface area contributed by atoms with Gasteiger partial charge in [0.1, 0.15) is 0 Å². The molecule has 0 aliphatic heterocycles. The minimum atomic E-state index is -0.171. The number of aliphatic hydroxyl groups excluding tert-OH is 1. The van der Waals surface area contributed by atoms with Gasteiger partial charge < -0.3 is 5.11 Å². The molecule has 0 heterocycles. The van der Waals surface area contributed by atoms with Crippen LogP contribution >= 0.6 is 0 Å². The lowest BCUT2D eigenvalue weighted by molar-refractivity contribution is -0.119. The highest BCUT2D eigenvalue weighted by molar-refractivity contribution is 5.27. The zero-order chi connectivity index (χ0) is 16.4. The number of allylic oxidation sites excluding steroid dienone is 1. The summed E-state index contributed by atoms with van der Waals surface area (Å²) >= 11 is 0. The van der Waals surface area contributed by atoms with Gasteiger partial charge in [0.15, 0.2) is 0 Å². The van der Waals surface area contributed by atoms with Crippen molar-refractivity contribution in [1.82, 2.24) is 0 Å². The molecule has 23 heavy (non-hydrogen) atoms. The van der Waals surface area contributed by atoms with Crippen LogP contribution < -0.4 is 0 Å². The van der Waals surface area contributed by atoms with E-state index in [9.17, 15) is 5.11 Å². The Bertz CT molecular complexity index is 516. The van der Waals surface area contributed by atoms with Crippen LogP contribution in [0.2, 0.25) is 0 Å². The number of hydrogen-bond donors (Lipinski definition) is 1. The average molecular weight is 317 g/mol. The van der Waals surface area contributed by atoms with Crippen LogP contribution in [-0.2, 0) is 0 Å². The molecule has 0 amide bonds. The molecule has 1 heteroatoms. The Hall–Kier alpha value is -0.300. The van der Waals surface area contributed by atoms with Crippen LogP contribution in [-0.4, -0.2) is 11.2 Å². The Balaban J connectivity index is 1.68. The number of hydrogen-bond acceptors (Lipinski definition) is 1. The molecular formula is C22H36O. The molecule has 1 N–H and O–H groups in total. The summed E-state index contributed by atoms with van der Waals surface area (Å²) in [5, 5.41) is 11.0. The third kappa shape index (κ3) is 2.14. The lowest BCUT2D eigenvalue weighted by Crippen LogP contribution is -2.53. The minimum absolute atomic E-state index is 0.158. The van der Waals surface area contributed by atoms with Gasteiger partial charge in [0.05, 0.1) is 6.10 Å². The SMILES string of the molecule is CC(C)=C1C[C@@H]2[C@H]3CC[C@H]4CCCC[C@]4(C)[C@@H]3CC[C@]2(C)[C@H]1O. The van der Waals surface area contributed by atoms with Crippen LogP contribution in [0.3, 0.4) is 0 Å². The second-order valence-corrected chi connectivity index (χ2v) is 10.1. The van der Waals surface area contributed by atoms with Crippen molar-refractivity contribution in [2.45, 2.75) is 91.6 Å². The van der Waals surface area contributed by atoms with E-state index in [1.807, 2.05) is 0 Å². The molecule has 0 aromatic heterocycles. The highest BCUT2D eigenvalue weighted by atomic mass is 16.3. The van der Waals surface area contributed by atoms with Gasteiger partial charge >= 0.3 is 0 Å². The first kappa shape index (κ1) is 16.2. The summed E-state index contributed by atoms with van der Waals surface area (Å²) < 4.78 is 0. The molecule has 0 unspecified atom stereocenters. The summed E-state index contributed by atoms with van der Waals surface area (Å²) in [4.78, 5) is 0. The minimum Gasteiger partial charge on any atom is -0.388 e. The van der Waals surface area contributed by atoms with Gasteiger partial charge in [0.2, 0.25) is 0 Å². The second kappa shape index (κ2) is 5.35. The predicted octanol–water partition coefficient (Wildman–Crippen LogP) is 5.73. The van der Waals surface area contributed by atoms with Crippen molar-refractivity contribution in [3.8, 4) is 0 Å². The molecule has 1 nitrogen and oxygen atoms in total. The van der Waals surface area contributed by atoms with E-state index in [1.54, 1.807) is 0 Å². The Morgan fingerprint density at radius 2 is 1.70 bits per heavy atom. The molecule has 0 spiro atoms. The Kier molecular flexibility index (Phi) is 3.76. The summed E-state index contributed by atoms with van der Waals surface area (Å²) in [6, 6.07) is 0. The van der Waals surface area contributed by atoms with Crippen molar-refractivity contribution in [3.05, 3.63) is 11.1 Å². The molecule has 0 radical (unpaired) electrons. The third-order valence-electron chi connectivity index (χ3n) is 9.06. The average Bonchev–Trinajstić information content (AvgIpc) is 2.79. The quantitative estimate of drug-likeness (QED) is 0.566. The van der Waals surface area contributed by atoms with Gasteiger partial charge in [-0.05, 0) is 93.5 Å². The van der Waals surface area contributed by atoms with Crippen LogP contribution in [0.15, 0.2) is 11.1 Å². The zero-order valence-electron chi connectivity index (χ0n) is 15.7. The lowest BCUT2D eigenvalue weighted by atomic mass is 9.45. The van der Waals surface area contributed by atoms with E-state index in [4.69, 9.17) is 0 Å². The maximum absolute atomic E-state index is 11.0. The van der Waals surface area contributed by atoms with Gasteiger partial charge in [-0.25, -0.2) is 0 Å². The fourth-order valence-electron chi connectivity index (χ4n) is 7.59. The van der Waals surface area contributed by atoms with Crippen LogP contribution in [0, 0.1) is 34.5 Å². The first-order valence-corrected chi connectivity index (χ1v) is 10.2. The van der Waals surface area contributed by atoms with Gasteiger partial charge in [-0.3, -0.25) is 0 Å². The predicted molar refractivity (Wildman–Crippen MR) is 96.1 cm³/mol. The van der Waals surface area contributed by atoms with Crippen LogP contribution in [0.25, 0.3) is 0 Å². The summed E-state index contributed by atoms with van der Waals surface area (Å²) in [7, 11) is 0. The molecule has 0 aromatic rings. The van der Waals surface area contributed by atoms with Gasteiger partial charge in [0, 0.05) is 5.41 Å². The van der Waals surface area contributed by atoms with Crippen molar-refractivity contribution in [2.24, 2.45) is 34.5 Å². The highest BCUT2D eigenvalue weighted by Crippen LogP contribution is 2.67. The van der Waals surface area contributed by atoms with E-state index < -0.39 is 0 Å². The molecule has 4 aliphatic rings. The monoisotopic (exact) mass is 316 g/mol. The van der Waals surface area contributed by atoms with Gasteiger partial charge in [-0.15, -0.1) is 0 Å². The molecule has 4 fully saturated rings. The fraction of sp³-hybridized carbons (Fsp3) is 0.909. The van der Waals surface area contributed by atoms with Gasteiger partial charge in [-0.2, -0.15) is 0 Å². The summed E-state index contributed by atoms with van der Waals surface area (Å²) in [5.74, 6) is 3.54. The molecule has 0 bridgehead atoms. The number of rotatable bonds is 0. The lowest BCUT2D eigenvalue weighted by Gasteiger charge is -2.60. The van der Waals surface area contributed by atoms with Gasteiger partial charge in [-0.1, -0.05) is 32.3 Å². The van der Waals surface area contributed by atoms with Crippen LogP contribution in [0.1, 0.15) is 85.5 Å². The van der Waals surface area contributed by atoms with Gasteiger partial charge in [0.25, 0.3) is 0 Å². The molecule has 4 aliphatic carbocycles. The van der Waals surface area contributed by atoms with Crippen molar-refractivity contribution in [2.75, 3.05) is 0 Å². The molecule has 0 saturated heterocycles. The Morgan fingerprint density at radius 1 is 0.913 bits per heavy atom. The van der Waals surface area contributed by atoms with Crippen LogP contribution in [0.5, 0.6) is 0 Å². The topological polar surface area (TPSA) is 20.2 Å². The largest absolute Gasteiger partial charge is 0.388 e. The molecule has 4 rings (SSSR count). The van der Waals surface area contributed by atoms with Crippen molar-refractivity contribution in [3.63, 3.8) is 0 Å². The normalized spacial score (nSPS) is 52.6. The first-order chi connectivity index (χ1) is 10.9. The number of aliphatic hydroxyl groups is 1. The highest BCUT2D eigenvalue weighted by Gasteiger charge is 2.60. The Morgan fingerprint density at radius 3 is 2.43 bits per heavy atom. The van der Waals surface area contributed by atoms with Crippen molar-refractivity contribution >= 4 is 0 Å². The smallest absolute Gasteiger partial charge is 0.0809 e. The van der Waals surface area contributed by atoms with E-state index >= 15 is 0 Å². The maximum atomic E-state index is 11.0. The summed E-state index contributed by atoms with van der Waals surface area (Å²) in [5.41, 5.74) is 3.53. The molecule has 0 aromatic carbocycles. The fourth-order valence-corrected chi connectivity index (χ4v) is 7.59. The third-order valence-corrected chi connectivity index (χ3v) is 9.06. The summed E-state index contributed by atoms with van der Waals surface area (Å²) in [6.45, 7) is 9.46. The van der Waals surface area contributed by atoms with E-state index in [2.05, 4.69) is 27.7 Å². The maximum Gasteiger partial charge on any atom is 0.0809 e. The van der Waals surface area contributed by atoms with E-state index in [0.29, 0.717) is 5.41 Å². The van der Waals surface area contributed by atoms with E-state index in [-0.39, 0.29) is 11.5 Å². The van der Waals surface area contributed by atoms with E-state index in [0.717, 1.165) is 23.7 Å².